The van der Waals surface area contributed by atoms with E-state index in [4.69, 9.17) is 6.42 Å². The van der Waals surface area contributed by atoms with Crippen LogP contribution in [0, 0.1) is 12.3 Å². The highest BCUT2D eigenvalue weighted by Crippen LogP contribution is 2.45. The van der Waals surface area contributed by atoms with Crippen molar-refractivity contribution in [1.29, 1.82) is 0 Å². The van der Waals surface area contributed by atoms with Crippen LogP contribution < -0.4 is 0 Å². The van der Waals surface area contributed by atoms with Gasteiger partial charge in [0.15, 0.2) is 0 Å². The van der Waals surface area contributed by atoms with Gasteiger partial charge in [0.2, 0.25) is 0 Å². The smallest absolute Gasteiger partial charge is 0.111 e. The summed E-state index contributed by atoms with van der Waals surface area (Å²) in [7, 11) is 0. The number of thioether (sulfide) groups is 2. The third-order valence-corrected chi connectivity index (χ3v) is 6.39. The quantitative estimate of drug-likeness (QED) is 0.852. The minimum Gasteiger partial charge on any atom is -0.383 e. The second-order valence-electron chi connectivity index (χ2n) is 4.42. The van der Waals surface area contributed by atoms with Crippen molar-refractivity contribution in [2.24, 2.45) is 0 Å². The molecule has 1 atom stereocenters. The summed E-state index contributed by atoms with van der Waals surface area (Å²) in [6, 6.07) is 9.95. The largest absolute Gasteiger partial charge is 0.383 e. The van der Waals surface area contributed by atoms with Crippen molar-refractivity contribution in [2.45, 2.75) is 29.4 Å². The zero-order valence-electron chi connectivity index (χ0n) is 10.3. The van der Waals surface area contributed by atoms with Crippen molar-refractivity contribution in [3.8, 4) is 12.3 Å². The Balaban J connectivity index is 2.24. The summed E-state index contributed by atoms with van der Waals surface area (Å²) in [6.45, 7) is 0. The van der Waals surface area contributed by atoms with Gasteiger partial charge >= 0.3 is 0 Å². The summed E-state index contributed by atoms with van der Waals surface area (Å²) in [5.41, 5.74) is 0.191. The first kappa shape index (κ1) is 13.9. The summed E-state index contributed by atoms with van der Waals surface area (Å²) in [5.74, 6) is 4.91. The molecule has 1 aromatic carbocycles. The van der Waals surface area contributed by atoms with E-state index in [1.54, 1.807) is 0 Å². The molecule has 0 aromatic heterocycles. The minimum atomic E-state index is -0.802. The van der Waals surface area contributed by atoms with Crippen LogP contribution in [0.15, 0.2) is 30.3 Å². The Hall–Kier alpha value is -0.560. The third-order valence-electron chi connectivity index (χ3n) is 3.14. The van der Waals surface area contributed by atoms with E-state index in [0.717, 1.165) is 17.1 Å². The topological polar surface area (TPSA) is 20.2 Å². The number of hydrogen-bond donors (Lipinski definition) is 1. The molecule has 0 amide bonds. The molecule has 1 aliphatic rings. The molecule has 0 aliphatic carbocycles. The van der Waals surface area contributed by atoms with E-state index >= 15 is 0 Å². The lowest BCUT2D eigenvalue weighted by Crippen LogP contribution is -2.37. The van der Waals surface area contributed by atoms with Crippen LogP contribution in [0.2, 0.25) is 0 Å². The van der Waals surface area contributed by atoms with E-state index in [-0.39, 0.29) is 4.58 Å². The summed E-state index contributed by atoms with van der Waals surface area (Å²) < 4.78 is 0.196. The van der Waals surface area contributed by atoms with Gasteiger partial charge in [-0.15, -0.1) is 35.9 Å². The third kappa shape index (κ3) is 3.06. The molecule has 96 valence electrons. The van der Waals surface area contributed by atoms with E-state index in [1.807, 2.05) is 53.9 Å². The van der Waals surface area contributed by atoms with Crippen LogP contribution in [0.5, 0.6) is 0 Å². The number of terminal acetylenes is 1. The van der Waals surface area contributed by atoms with Gasteiger partial charge in [-0.3, -0.25) is 0 Å². The van der Waals surface area contributed by atoms with E-state index in [2.05, 4.69) is 5.92 Å². The van der Waals surface area contributed by atoms with Crippen LogP contribution in [0.3, 0.4) is 0 Å². The van der Waals surface area contributed by atoms with E-state index in [1.165, 1.54) is 6.42 Å². The average molecular weight is 278 g/mol. The predicted octanol–water partition coefficient (Wildman–Crippen LogP) is 3.48. The van der Waals surface area contributed by atoms with Crippen LogP contribution in [-0.4, -0.2) is 21.2 Å². The number of hydrogen-bond acceptors (Lipinski definition) is 3. The van der Waals surface area contributed by atoms with Crippen molar-refractivity contribution in [3.05, 3.63) is 35.9 Å². The fourth-order valence-corrected chi connectivity index (χ4v) is 5.41. The first-order valence-corrected chi connectivity index (χ1v) is 8.32. The molecule has 1 unspecified atom stereocenters. The number of benzene rings is 1. The molecular weight excluding hydrogens is 260 g/mol. The van der Waals surface area contributed by atoms with Crippen molar-refractivity contribution in [3.63, 3.8) is 0 Å². The van der Waals surface area contributed by atoms with Gasteiger partial charge in [-0.25, -0.2) is 0 Å². The molecule has 1 aromatic rings. The lowest BCUT2D eigenvalue weighted by Gasteiger charge is -2.37. The van der Waals surface area contributed by atoms with Gasteiger partial charge in [0.05, 0.1) is 4.58 Å². The maximum absolute atomic E-state index is 11.1. The molecule has 1 N–H and O–H groups in total. The minimum absolute atomic E-state index is 0.196. The number of rotatable bonds is 4. The lowest BCUT2D eigenvalue weighted by atomic mass is 9.91. The normalized spacial score (nSPS) is 20.0. The van der Waals surface area contributed by atoms with Crippen molar-refractivity contribution < 1.29 is 5.11 Å². The maximum Gasteiger partial charge on any atom is 0.111 e. The molecule has 3 heteroatoms. The Morgan fingerprint density at radius 3 is 2.56 bits per heavy atom. The summed E-state index contributed by atoms with van der Waals surface area (Å²) in [5, 5.41) is 11.1. The predicted molar refractivity (Wildman–Crippen MR) is 81.7 cm³/mol. The van der Waals surface area contributed by atoms with Crippen LogP contribution >= 0.6 is 23.5 Å². The van der Waals surface area contributed by atoms with Gasteiger partial charge in [-0.05, 0) is 29.9 Å². The van der Waals surface area contributed by atoms with Gasteiger partial charge in [0.1, 0.15) is 5.60 Å². The maximum atomic E-state index is 11.1. The van der Waals surface area contributed by atoms with Crippen LogP contribution in [-0.2, 0) is 5.60 Å². The first-order chi connectivity index (χ1) is 8.77. The first-order valence-electron chi connectivity index (χ1n) is 6.22. The molecule has 18 heavy (non-hydrogen) atoms. The van der Waals surface area contributed by atoms with Gasteiger partial charge < -0.3 is 5.11 Å². The second-order valence-corrected chi connectivity index (χ2v) is 7.15. The molecule has 1 nitrogen and oxygen atoms in total. The second kappa shape index (κ2) is 6.56. The Morgan fingerprint density at radius 2 is 1.94 bits per heavy atom. The molecule has 0 spiro atoms. The average Bonchev–Trinajstić information content (AvgIpc) is 2.46. The molecule has 0 saturated carbocycles. The van der Waals surface area contributed by atoms with Gasteiger partial charge in [-0.1, -0.05) is 30.3 Å². The highest BCUT2D eigenvalue weighted by atomic mass is 32.2. The molecule has 1 aliphatic heterocycles. The zero-order chi connectivity index (χ0) is 12.8. The van der Waals surface area contributed by atoms with Crippen molar-refractivity contribution in [1.82, 2.24) is 0 Å². The highest BCUT2D eigenvalue weighted by molar-refractivity contribution is 8.17. The van der Waals surface area contributed by atoms with Crippen LogP contribution in [0.1, 0.15) is 24.8 Å². The lowest BCUT2D eigenvalue weighted by molar-refractivity contribution is 0.0464. The van der Waals surface area contributed by atoms with Crippen molar-refractivity contribution in [2.75, 3.05) is 11.5 Å². The summed E-state index contributed by atoms with van der Waals surface area (Å²) in [6.07, 6.45) is 7.85. The monoisotopic (exact) mass is 278 g/mol. The van der Waals surface area contributed by atoms with Gasteiger partial charge in [0.25, 0.3) is 0 Å². The molecule has 0 bridgehead atoms. The zero-order valence-corrected chi connectivity index (χ0v) is 12.0. The Bertz CT molecular complexity index is 406. The Labute approximate surface area is 118 Å². The molecule has 2 rings (SSSR count). The van der Waals surface area contributed by atoms with Crippen LogP contribution in [0.25, 0.3) is 0 Å². The summed E-state index contributed by atoms with van der Waals surface area (Å²) >= 11 is 3.72. The Morgan fingerprint density at radius 1 is 1.28 bits per heavy atom. The van der Waals surface area contributed by atoms with E-state index in [0.29, 0.717) is 12.8 Å². The standard InChI is InChI=1S/C15H18OS2/c1-2-3-10-15(16,13-8-5-4-6-9-13)14-17-11-7-12-18-14/h1,4-6,8-9,14,16H,3,7,10-12H2. The summed E-state index contributed by atoms with van der Waals surface area (Å²) in [4.78, 5) is 0. The Kier molecular flexibility index (Phi) is 5.05. The highest BCUT2D eigenvalue weighted by Gasteiger charge is 2.39. The number of aliphatic hydroxyl groups is 1. The van der Waals surface area contributed by atoms with Crippen molar-refractivity contribution >= 4 is 23.5 Å². The van der Waals surface area contributed by atoms with E-state index in [9.17, 15) is 5.11 Å². The van der Waals surface area contributed by atoms with E-state index < -0.39 is 5.60 Å². The molecular formula is C15H18OS2. The fraction of sp³-hybridized carbons (Fsp3) is 0.467. The molecule has 1 heterocycles. The van der Waals surface area contributed by atoms with Gasteiger partial charge in [-0.2, -0.15) is 0 Å². The molecule has 1 fully saturated rings. The SMILES string of the molecule is C#CCCC(O)(c1ccccc1)C1SCCCS1. The fourth-order valence-electron chi connectivity index (χ4n) is 2.15. The van der Waals surface area contributed by atoms with Gasteiger partial charge in [0, 0.05) is 6.42 Å². The molecule has 0 radical (unpaired) electrons. The molecule has 1 saturated heterocycles. The van der Waals surface area contributed by atoms with Crippen LogP contribution in [0.4, 0.5) is 0 Å².